The van der Waals surface area contributed by atoms with Gasteiger partial charge in [0.1, 0.15) is 5.75 Å². The maximum atomic E-state index is 13.4. The average molecular weight is 365 g/mol. The zero-order chi connectivity index (χ0) is 16.8. The molecular formula is C16H23BrF2O2. The minimum absolute atomic E-state index is 0.0875. The van der Waals surface area contributed by atoms with Crippen LogP contribution in [-0.4, -0.2) is 15.0 Å². The van der Waals surface area contributed by atoms with E-state index in [2.05, 4.69) is 15.9 Å². The topological polar surface area (TPSA) is 40.5 Å². The van der Waals surface area contributed by atoms with Crippen molar-refractivity contribution in [1.82, 2.24) is 0 Å². The van der Waals surface area contributed by atoms with E-state index in [1.54, 1.807) is 0 Å². The van der Waals surface area contributed by atoms with E-state index in [1.807, 2.05) is 41.5 Å². The Morgan fingerprint density at radius 2 is 1.29 bits per heavy atom. The van der Waals surface area contributed by atoms with Crippen molar-refractivity contribution in [3.63, 3.8) is 0 Å². The van der Waals surface area contributed by atoms with Crippen LogP contribution in [0.25, 0.3) is 0 Å². The van der Waals surface area contributed by atoms with E-state index in [1.165, 1.54) is 12.1 Å². The van der Waals surface area contributed by atoms with E-state index in [4.69, 9.17) is 0 Å². The monoisotopic (exact) mass is 364 g/mol. The molecule has 1 atom stereocenters. The van der Waals surface area contributed by atoms with Gasteiger partial charge in [-0.1, -0.05) is 41.5 Å². The summed E-state index contributed by atoms with van der Waals surface area (Å²) in [5.41, 5.74) is 0.314. The Morgan fingerprint density at radius 3 is 1.52 bits per heavy atom. The SMILES string of the molecule is CC(C)(C)c1cc(C(O)C(F)(F)Br)cc(C(C)(C)C)c1O. The Kier molecular flexibility index (Phi) is 4.82. The van der Waals surface area contributed by atoms with Crippen molar-refractivity contribution in [1.29, 1.82) is 0 Å². The molecule has 2 nitrogen and oxygen atoms in total. The molecule has 0 spiro atoms. The lowest BCUT2D eigenvalue weighted by Gasteiger charge is -2.29. The molecular weight excluding hydrogens is 342 g/mol. The van der Waals surface area contributed by atoms with Gasteiger partial charge in [-0.2, -0.15) is 8.78 Å². The minimum Gasteiger partial charge on any atom is -0.507 e. The fraction of sp³-hybridized carbons (Fsp3) is 0.625. The number of benzene rings is 1. The van der Waals surface area contributed by atoms with Crippen LogP contribution in [0.5, 0.6) is 5.75 Å². The van der Waals surface area contributed by atoms with Gasteiger partial charge in [-0.05, 0) is 55.6 Å². The van der Waals surface area contributed by atoms with Crippen LogP contribution in [-0.2, 0) is 10.8 Å². The number of rotatable bonds is 2. The lowest BCUT2D eigenvalue weighted by Crippen LogP contribution is -2.22. The minimum atomic E-state index is -3.42. The normalized spacial score (nSPS) is 15.1. The predicted octanol–water partition coefficient (Wildman–Crippen LogP) is 5.01. The molecule has 0 aliphatic rings. The molecule has 0 amide bonds. The van der Waals surface area contributed by atoms with Gasteiger partial charge in [0, 0.05) is 0 Å². The Morgan fingerprint density at radius 1 is 0.952 bits per heavy atom. The summed E-state index contributed by atoms with van der Waals surface area (Å²) >= 11 is 2.20. The van der Waals surface area contributed by atoms with Crippen LogP contribution in [0.4, 0.5) is 8.78 Å². The molecule has 5 heteroatoms. The number of phenols is 1. The van der Waals surface area contributed by atoms with Crippen LogP contribution in [0.3, 0.4) is 0 Å². The molecule has 0 bridgehead atoms. The first-order valence-electron chi connectivity index (χ1n) is 6.78. The third kappa shape index (κ3) is 4.16. The van der Waals surface area contributed by atoms with Crippen molar-refractivity contribution < 1.29 is 19.0 Å². The third-order valence-electron chi connectivity index (χ3n) is 3.37. The highest BCUT2D eigenvalue weighted by Gasteiger charge is 2.38. The maximum Gasteiger partial charge on any atom is 0.330 e. The summed E-state index contributed by atoms with van der Waals surface area (Å²) in [4.78, 5) is -3.42. The van der Waals surface area contributed by atoms with Gasteiger partial charge in [-0.15, -0.1) is 0 Å². The highest BCUT2D eigenvalue weighted by Crippen LogP contribution is 2.44. The molecule has 0 saturated carbocycles. The van der Waals surface area contributed by atoms with Crippen LogP contribution in [0.1, 0.15) is 64.3 Å². The molecule has 120 valence electrons. The molecule has 0 fully saturated rings. The predicted molar refractivity (Wildman–Crippen MR) is 84.3 cm³/mol. The number of alkyl halides is 3. The quantitative estimate of drug-likeness (QED) is 0.724. The van der Waals surface area contributed by atoms with Crippen molar-refractivity contribution in [2.75, 3.05) is 0 Å². The van der Waals surface area contributed by atoms with E-state index in [-0.39, 0.29) is 11.3 Å². The summed E-state index contributed by atoms with van der Waals surface area (Å²) in [5, 5.41) is 20.3. The fourth-order valence-electron chi connectivity index (χ4n) is 2.15. The molecule has 0 radical (unpaired) electrons. The molecule has 1 aromatic rings. The highest BCUT2D eigenvalue weighted by molar-refractivity contribution is 9.10. The fourth-order valence-corrected chi connectivity index (χ4v) is 2.41. The lowest BCUT2D eigenvalue weighted by atomic mass is 9.78. The third-order valence-corrected chi connectivity index (χ3v) is 3.81. The van der Waals surface area contributed by atoms with Gasteiger partial charge in [0.2, 0.25) is 0 Å². The first-order chi connectivity index (χ1) is 9.15. The number of halogens is 3. The van der Waals surface area contributed by atoms with Crippen LogP contribution < -0.4 is 0 Å². The summed E-state index contributed by atoms with van der Waals surface area (Å²) in [6.07, 6.45) is -1.97. The van der Waals surface area contributed by atoms with Crippen molar-refractivity contribution in [2.45, 2.75) is 63.3 Å². The number of phenolic OH excluding ortho intramolecular Hbond substituents is 1. The number of aliphatic hydroxyl groups excluding tert-OH is 1. The first kappa shape index (κ1) is 18.4. The van der Waals surface area contributed by atoms with Crippen molar-refractivity contribution in [3.8, 4) is 5.75 Å². The molecule has 1 aromatic carbocycles. The van der Waals surface area contributed by atoms with Gasteiger partial charge in [0.15, 0.2) is 6.10 Å². The van der Waals surface area contributed by atoms with Gasteiger partial charge in [-0.25, -0.2) is 0 Å². The van der Waals surface area contributed by atoms with Gasteiger partial charge < -0.3 is 10.2 Å². The Labute approximate surface area is 133 Å². The van der Waals surface area contributed by atoms with Crippen LogP contribution >= 0.6 is 15.9 Å². The molecule has 21 heavy (non-hydrogen) atoms. The van der Waals surface area contributed by atoms with Crippen LogP contribution in [0.2, 0.25) is 0 Å². The van der Waals surface area contributed by atoms with Crippen LogP contribution in [0, 0.1) is 0 Å². The standard InChI is InChI=1S/C16H23BrF2O2/c1-14(2,3)10-7-9(13(21)16(17,18)19)8-11(12(10)20)15(4,5)6/h7-8,13,20-21H,1-6H3. The summed E-state index contributed by atoms with van der Waals surface area (Å²) in [6, 6.07) is 2.90. The lowest BCUT2D eigenvalue weighted by molar-refractivity contribution is -0.0296. The smallest absolute Gasteiger partial charge is 0.330 e. The van der Waals surface area contributed by atoms with E-state index in [0.29, 0.717) is 11.1 Å². The molecule has 0 saturated heterocycles. The molecule has 2 N–H and O–H groups in total. The Hall–Kier alpha value is -0.680. The van der Waals surface area contributed by atoms with Gasteiger partial charge in [0.25, 0.3) is 0 Å². The van der Waals surface area contributed by atoms with Gasteiger partial charge >= 0.3 is 4.83 Å². The number of hydrogen-bond acceptors (Lipinski definition) is 2. The molecule has 1 unspecified atom stereocenters. The van der Waals surface area contributed by atoms with Crippen molar-refractivity contribution >= 4 is 15.9 Å². The Balaban J connectivity index is 3.63. The second-order valence-corrected chi connectivity index (χ2v) is 8.47. The zero-order valence-corrected chi connectivity index (χ0v) is 14.8. The molecule has 1 rings (SSSR count). The van der Waals surface area contributed by atoms with Gasteiger partial charge in [0.05, 0.1) is 0 Å². The number of hydrogen-bond donors (Lipinski definition) is 2. The number of aromatic hydroxyl groups is 1. The maximum absolute atomic E-state index is 13.4. The molecule has 0 aromatic heterocycles. The molecule has 0 aliphatic carbocycles. The van der Waals surface area contributed by atoms with Gasteiger partial charge in [-0.3, -0.25) is 0 Å². The Bertz CT molecular complexity index is 488. The highest BCUT2D eigenvalue weighted by atomic mass is 79.9. The molecule has 0 heterocycles. The summed E-state index contributed by atoms with van der Waals surface area (Å²) in [5.74, 6) is 0.101. The number of aliphatic hydroxyl groups is 1. The summed E-state index contributed by atoms with van der Waals surface area (Å²) < 4.78 is 26.7. The van der Waals surface area contributed by atoms with E-state index >= 15 is 0 Å². The second kappa shape index (κ2) is 5.51. The zero-order valence-electron chi connectivity index (χ0n) is 13.3. The van der Waals surface area contributed by atoms with Crippen LogP contribution in [0.15, 0.2) is 12.1 Å². The molecule has 0 aliphatic heterocycles. The average Bonchev–Trinajstić information content (AvgIpc) is 2.23. The van der Waals surface area contributed by atoms with E-state index < -0.39 is 21.8 Å². The summed E-state index contributed by atoms with van der Waals surface area (Å²) in [7, 11) is 0. The first-order valence-corrected chi connectivity index (χ1v) is 7.57. The second-order valence-electron chi connectivity index (χ2n) is 7.41. The largest absolute Gasteiger partial charge is 0.507 e. The summed E-state index contributed by atoms with van der Waals surface area (Å²) in [6.45, 7) is 11.3. The van der Waals surface area contributed by atoms with Crippen molar-refractivity contribution in [2.24, 2.45) is 0 Å². The van der Waals surface area contributed by atoms with E-state index in [0.717, 1.165) is 0 Å². The van der Waals surface area contributed by atoms with Crippen molar-refractivity contribution in [3.05, 3.63) is 28.8 Å². The van der Waals surface area contributed by atoms with E-state index in [9.17, 15) is 19.0 Å².